The van der Waals surface area contributed by atoms with Crippen molar-refractivity contribution in [3.8, 4) is 0 Å². The lowest BCUT2D eigenvalue weighted by molar-refractivity contribution is -0.310. The minimum absolute atomic E-state index is 0.0606. The van der Waals surface area contributed by atoms with Crippen LogP contribution < -0.4 is 0 Å². The Kier molecular flexibility index (Phi) is 6.89. The molecule has 0 fully saturated rings. The second-order valence-corrected chi connectivity index (χ2v) is 5.15. The summed E-state index contributed by atoms with van der Waals surface area (Å²) in [6.45, 7) is 1.38. The van der Waals surface area contributed by atoms with E-state index in [-0.39, 0.29) is 18.2 Å². The zero-order valence-corrected chi connectivity index (χ0v) is 11.3. The molecule has 1 atom stereocenters. The molecule has 0 aromatic heterocycles. The van der Waals surface area contributed by atoms with Crippen molar-refractivity contribution in [2.75, 3.05) is 5.75 Å². The molecular weight excluding hydrogens is 339 g/mol. The molecular formula is C10H11F9OS. The quantitative estimate of drug-likeness (QED) is 0.597. The lowest BCUT2D eigenvalue weighted by Crippen LogP contribution is -2.57. The first-order valence-electron chi connectivity index (χ1n) is 5.52. The smallest absolute Gasteiger partial charge is 0.287 e. The summed E-state index contributed by atoms with van der Waals surface area (Å²) in [5.74, 6) is -18.3. The van der Waals surface area contributed by atoms with Gasteiger partial charge in [-0.05, 0) is 0 Å². The highest BCUT2D eigenvalue weighted by molar-refractivity contribution is 8.13. The number of rotatable bonds is 8. The predicted molar refractivity (Wildman–Crippen MR) is 58.1 cm³/mol. The van der Waals surface area contributed by atoms with E-state index in [9.17, 15) is 44.3 Å². The lowest BCUT2D eigenvalue weighted by atomic mass is 10.00. The van der Waals surface area contributed by atoms with Crippen LogP contribution in [0.25, 0.3) is 0 Å². The van der Waals surface area contributed by atoms with Gasteiger partial charge in [-0.15, -0.1) is 0 Å². The molecule has 0 rings (SSSR count). The third kappa shape index (κ3) is 4.68. The van der Waals surface area contributed by atoms with Crippen molar-refractivity contribution < 1.29 is 44.3 Å². The molecule has 0 aliphatic carbocycles. The van der Waals surface area contributed by atoms with Crippen LogP contribution >= 0.6 is 11.8 Å². The molecule has 0 saturated carbocycles. The highest BCUT2D eigenvalue weighted by Gasteiger charge is 2.72. The van der Waals surface area contributed by atoms with E-state index in [1.54, 1.807) is 0 Å². The second kappa shape index (κ2) is 7.10. The summed E-state index contributed by atoms with van der Waals surface area (Å²) in [4.78, 5) is 10.8. The van der Waals surface area contributed by atoms with Crippen molar-refractivity contribution in [2.45, 2.75) is 50.1 Å². The second-order valence-electron chi connectivity index (χ2n) is 3.99. The summed E-state index contributed by atoms with van der Waals surface area (Å²) in [7, 11) is 0. The van der Waals surface area contributed by atoms with Crippen LogP contribution in [-0.4, -0.2) is 41.2 Å². The van der Waals surface area contributed by atoms with Crippen LogP contribution in [0.1, 0.15) is 19.8 Å². The number of carbonyl (C=O) groups excluding carboxylic acids is 1. The van der Waals surface area contributed by atoms with Crippen LogP contribution in [0, 0.1) is 0 Å². The topological polar surface area (TPSA) is 17.1 Å². The molecule has 1 nitrogen and oxygen atoms in total. The normalized spacial score (nSPS) is 15.4. The van der Waals surface area contributed by atoms with Gasteiger partial charge in [-0.25, -0.2) is 22.0 Å². The molecule has 126 valence electrons. The Morgan fingerprint density at radius 3 is 1.86 bits per heavy atom. The maximum Gasteiger partial charge on any atom is 0.372 e. The summed E-state index contributed by atoms with van der Waals surface area (Å²) >= 11 is 0.279. The molecule has 0 aliphatic rings. The molecule has 11 heteroatoms. The van der Waals surface area contributed by atoms with Crippen LogP contribution in [0.4, 0.5) is 39.5 Å². The summed E-state index contributed by atoms with van der Waals surface area (Å²) in [5, 5.41) is -0.592. The molecule has 21 heavy (non-hydrogen) atoms. The van der Waals surface area contributed by atoms with Gasteiger partial charge in [0.05, 0.1) is 0 Å². The third-order valence-electron chi connectivity index (χ3n) is 2.39. The third-order valence-corrected chi connectivity index (χ3v) is 3.41. The molecule has 0 bridgehead atoms. The van der Waals surface area contributed by atoms with Crippen molar-refractivity contribution in [1.29, 1.82) is 0 Å². The summed E-state index contributed by atoms with van der Waals surface area (Å²) in [5.41, 5.74) is 0. The number of carbonyl (C=O) groups is 1. The molecule has 0 aromatic rings. The van der Waals surface area contributed by atoms with Crippen LogP contribution in [0.2, 0.25) is 0 Å². The summed E-state index contributed by atoms with van der Waals surface area (Å²) < 4.78 is 113. The monoisotopic (exact) mass is 350 g/mol. The number of hydrogen-bond donors (Lipinski definition) is 0. The molecule has 0 spiro atoms. The fourth-order valence-electron chi connectivity index (χ4n) is 1.11. The van der Waals surface area contributed by atoms with Crippen molar-refractivity contribution in [2.24, 2.45) is 0 Å². The fourth-order valence-corrected chi connectivity index (χ4v) is 1.92. The average Bonchev–Trinajstić information content (AvgIpc) is 2.36. The van der Waals surface area contributed by atoms with E-state index in [4.69, 9.17) is 0 Å². The Bertz CT molecular complexity index is 358. The van der Waals surface area contributed by atoms with Gasteiger partial charge in [-0.2, -0.15) is 17.6 Å². The molecule has 0 saturated heterocycles. The Hall–Kier alpha value is -0.610. The Balaban J connectivity index is 4.94. The zero-order valence-electron chi connectivity index (χ0n) is 10.5. The number of thioether (sulfide) groups is 1. The highest BCUT2D eigenvalue weighted by Crippen LogP contribution is 2.47. The average molecular weight is 350 g/mol. The van der Waals surface area contributed by atoms with E-state index in [0.29, 0.717) is 0 Å². The van der Waals surface area contributed by atoms with E-state index in [1.807, 2.05) is 0 Å². The largest absolute Gasteiger partial charge is 0.372 e. The minimum Gasteiger partial charge on any atom is -0.287 e. The van der Waals surface area contributed by atoms with E-state index in [1.165, 1.54) is 6.92 Å². The molecule has 0 aliphatic heterocycles. The van der Waals surface area contributed by atoms with Crippen LogP contribution in [0.15, 0.2) is 0 Å². The van der Waals surface area contributed by atoms with Crippen molar-refractivity contribution in [1.82, 2.24) is 0 Å². The van der Waals surface area contributed by atoms with Gasteiger partial charge in [-0.1, -0.05) is 18.7 Å². The van der Waals surface area contributed by atoms with Gasteiger partial charge in [0.15, 0.2) is 5.12 Å². The van der Waals surface area contributed by atoms with Gasteiger partial charge in [0, 0.05) is 18.6 Å². The highest BCUT2D eigenvalue weighted by atomic mass is 32.2. The van der Waals surface area contributed by atoms with E-state index >= 15 is 0 Å². The first kappa shape index (κ1) is 20.4. The molecule has 0 radical (unpaired) electrons. The van der Waals surface area contributed by atoms with Gasteiger partial charge in [0.2, 0.25) is 6.17 Å². The van der Waals surface area contributed by atoms with Gasteiger partial charge in [0.25, 0.3) is 5.92 Å². The number of halogens is 9. The van der Waals surface area contributed by atoms with Gasteiger partial charge >= 0.3 is 18.3 Å². The molecule has 0 heterocycles. The molecule has 0 N–H and O–H groups in total. The van der Waals surface area contributed by atoms with Gasteiger partial charge in [0.1, 0.15) is 0 Å². The SMILES string of the molecule is CCC(=O)SCCC(F)(F)C(F)C(F)(F)C(F)(F)C(F)F. The van der Waals surface area contributed by atoms with Gasteiger partial charge < -0.3 is 0 Å². The minimum atomic E-state index is -6.25. The van der Waals surface area contributed by atoms with Crippen molar-refractivity contribution in [3.63, 3.8) is 0 Å². The summed E-state index contributed by atoms with van der Waals surface area (Å²) in [6.07, 6.45) is -11.5. The van der Waals surface area contributed by atoms with Crippen molar-refractivity contribution >= 4 is 16.9 Å². The predicted octanol–water partition coefficient (Wildman–Crippen LogP) is 4.56. The van der Waals surface area contributed by atoms with Crippen molar-refractivity contribution in [3.05, 3.63) is 0 Å². The molecule has 0 amide bonds. The standard InChI is InChI=1S/C10H11F9OS/c1-2-5(20)21-4-3-8(14,15)6(11)9(16,17)10(18,19)7(12)13/h6-7H,2-4H2,1H3. The first-order valence-corrected chi connectivity index (χ1v) is 6.50. The maximum atomic E-state index is 13.1. The fraction of sp³-hybridized carbons (Fsp3) is 0.900. The van der Waals surface area contributed by atoms with E-state index < -0.39 is 47.7 Å². The molecule has 0 aromatic carbocycles. The Labute approximate surface area is 118 Å². The number of alkyl halides is 9. The first-order chi connectivity index (χ1) is 9.30. The Morgan fingerprint density at radius 2 is 1.48 bits per heavy atom. The molecule has 1 unspecified atom stereocenters. The van der Waals surface area contributed by atoms with Crippen LogP contribution in [0.5, 0.6) is 0 Å². The zero-order chi connectivity index (χ0) is 17.1. The maximum absolute atomic E-state index is 13.1. The van der Waals surface area contributed by atoms with E-state index in [2.05, 4.69) is 0 Å². The van der Waals surface area contributed by atoms with Crippen LogP contribution in [-0.2, 0) is 4.79 Å². The number of hydrogen-bond acceptors (Lipinski definition) is 2. The van der Waals surface area contributed by atoms with E-state index in [0.717, 1.165) is 0 Å². The Morgan fingerprint density at radius 1 is 1.00 bits per heavy atom. The lowest BCUT2D eigenvalue weighted by Gasteiger charge is -2.32. The summed E-state index contributed by atoms with van der Waals surface area (Å²) in [6, 6.07) is 0. The van der Waals surface area contributed by atoms with Gasteiger partial charge in [-0.3, -0.25) is 4.79 Å². The van der Waals surface area contributed by atoms with Crippen LogP contribution in [0.3, 0.4) is 0 Å².